The SMILES string of the molecule is CCOC(=O)Nc1ccc(NC2CCOC(C)(C)C2)cc1. The van der Waals surface area contributed by atoms with E-state index in [2.05, 4.69) is 24.5 Å². The number of benzene rings is 1. The zero-order valence-corrected chi connectivity index (χ0v) is 12.9. The van der Waals surface area contributed by atoms with Crippen LogP contribution in [-0.4, -0.2) is 30.9 Å². The number of ether oxygens (including phenoxy) is 2. The highest BCUT2D eigenvalue weighted by molar-refractivity contribution is 5.84. The first-order chi connectivity index (χ1) is 9.98. The maximum Gasteiger partial charge on any atom is 0.411 e. The highest BCUT2D eigenvalue weighted by Gasteiger charge is 2.28. The van der Waals surface area contributed by atoms with Crippen LogP contribution in [-0.2, 0) is 9.47 Å². The van der Waals surface area contributed by atoms with Gasteiger partial charge in [0.05, 0.1) is 12.2 Å². The molecule has 0 saturated carbocycles. The summed E-state index contributed by atoms with van der Waals surface area (Å²) in [5.41, 5.74) is 1.71. The molecule has 1 amide bonds. The first kappa shape index (κ1) is 15.6. The molecule has 2 N–H and O–H groups in total. The van der Waals surface area contributed by atoms with Crippen molar-refractivity contribution in [3.63, 3.8) is 0 Å². The molecule has 1 saturated heterocycles. The molecule has 1 atom stereocenters. The van der Waals surface area contributed by atoms with Gasteiger partial charge in [-0.3, -0.25) is 5.32 Å². The third-order valence-electron chi connectivity index (χ3n) is 3.47. The third-order valence-corrected chi connectivity index (χ3v) is 3.47. The Morgan fingerprint density at radius 3 is 2.62 bits per heavy atom. The van der Waals surface area contributed by atoms with Crippen LogP contribution in [0.15, 0.2) is 24.3 Å². The van der Waals surface area contributed by atoms with Gasteiger partial charge in [-0.1, -0.05) is 0 Å². The number of carbonyl (C=O) groups excluding carboxylic acids is 1. The van der Waals surface area contributed by atoms with Gasteiger partial charge in [0.15, 0.2) is 0 Å². The van der Waals surface area contributed by atoms with E-state index in [1.165, 1.54) is 0 Å². The molecule has 1 aromatic rings. The molecule has 0 spiro atoms. The summed E-state index contributed by atoms with van der Waals surface area (Å²) in [6, 6.07) is 8.07. The van der Waals surface area contributed by atoms with E-state index in [4.69, 9.17) is 9.47 Å². The van der Waals surface area contributed by atoms with Gasteiger partial charge in [0.1, 0.15) is 0 Å². The number of hydrogen-bond donors (Lipinski definition) is 2. The van der Waals surface area contributed by atoms with Crippen LogP contribution in [0.1, 0.15) is 33.6 Å². The molecule has 116 valence electrons. The van der Waals surface area contributed by atoms with Gasteiger partial charge in [0, 0.05) is 24.0 Å². The second-order valence-electron chi connectivity index (χ2n) is 5.87. The standard InChI is InChI=1S/C16H24N2O3/c1-4-20-15(19)18-13-7-5-12(6-8-13)17-14-9-10-21-16(2,3)11-14/h5-8,14,17H,4,9-11H2,1-3H3,(H,18,19). The summed E-state index contributed by atoms with van der Waals surface area (Å²) in [6.07, 6.45) is 1.56. The lowest BCUT2D eigenvalue weighted by molar-refractivity contribution is -0.0553. The minimum absolute atomic E-state index is 0.0681. The maximum atomic E-state index is 11.3. The molecule has 1 aliphatic heterocycles. The summed E-state index contributed by atoms with van der Waals surface area (Å²) in [6.45, 7) is 7.17. The Labute approximate surface area is 126 Å². The summed E-state index contributed by atoms with van der Waals surface area (Å²) in [4.78, 5) is 11.3. The molecular formula is C16H24N2O3. The Bertz CT molecular complexity index is 471. The summed E-state index contributed by atoms with van der Waals surface area (Å²) < 4.78 is 10.6. The smallest absolute Gasteiger partial charge is 0.411 e. The van der Waals surface area contributed by atoms with Crippen LogP contribution < -0.4 is 10.6 Å². The van der Waals surface area contributed by atoms with E-state index in [0.717, 1.165) is 30.8 Å². The van der Waals surface area contributed by atoms with E-state index in [-0.39, 0.29) is 5.60 Å². The van der Waals surface area contributed by atoms with Crippen molar-refractivity contribution in [2.45, 2.75) is 45.3 Å². The fourth-order valence-electron chi connectivity index (χ4n) is 2.53. The molecule has 5 nitrogen and oxygen atoms in total. The Morgan fingerprint density at radius 2 is 2.00 bits per heavy atom. The lowest BCUT2D eigenvalue weighted by Gasteiger charge is -2.36. The average Bonchev–Trinajstić information content (AvgIpc) is 2.40. The zero-order chi connectivity index (χ0) is 15.3. The van der Waals surface area contributed by atoms with Crippen molar-refractivity contribution < 1.29 is 14.3 Å². The first-order valence-electron chi connectivity index (χ1n) is 7.43. The second-order valence-corrected chi connectivity index (χ2v) is 5.87. The van der Waals surface area contributed by atoms with Crippen LogP contribution in [0.25, 0.3) is 0 Å². The molecule has 1 unspecified atom stereocenters. The molecule has 1 aliphatic rings. The lowest BCUT2D eigenvalue weighted by Crippen LogP contribution is -2.40. The fourth-order valence-corrected chi connectivity index (χ4v) is 2.53. The predicted molar refractivity (Wildman–Crippen MR) is 83.8 cm³/mol. The number of amides is 1. The summed E-state index contributed by atoms with van der Waals surface area (Å²) in [7, 11) is 0. The van der Waals surface area contributed by atoms with Crippen LogP contribution in [0.4, 0.5) is 16.2 Å². The van der Waals surface area contributed by atoms with Gasteiger partial charge in [-0.25, -0.2) is 4.79 Å². The Morgan fingerprint density at radius 1 is 1.33 bits per heavy atom. The number of rotatable bonds is 4. The predicted octanol–water partition coefficient (Wildman–Crippen LogP) is 3.62. The normalized spacial score (nSPS) is 20.6. The summed E-state index contributed by atoms with van der Waals surface area (Å²) >= 11 is 0. The summed E-state index contributed by atoms with van der Waals surface area (Å²) in [5, 5.41) is 6.20. The molecule has 0 bridgehead atoms. The largest absolute Gasteiger partial charge is 0.450 e. The van der Waals surface area contributed by atoms with Crippen LogP contribution in [0.3, 0.4) is 0 Å². The van der Waals surface area contributed by atoms with Crippen LogP contribution in [0.2, 0.25) is 0 Å². The van der Waals surface area contributed by atoms with Gasteiger partial charge in [-0.15, -0.1) is 0 Å². The van der Waals surface area contributed by atoms with E-state index in [1.54, 1.807) is 6.92 Å². The van der Waals surface area contributed by atoms with Crippen LogP contribution >= 0.6 is 0 Å². The van der Waals surface area contributed by atoms with Crippen molar-refractivity contribution in [2.24, 2.45) is 0 Å². The van der Waals surface area contributed by atoms with Crippen molar-refractivity contribution in [1.29, 1.82) is 0 Å². The fraction of sp³-hybridized carbons (Fsp3) is 0.562. The van der Waals surface area contributed by atoms with E-state index >= 15 is 0 Å². The molecule has 0 radical (unpaired) electrons. The Hall–Kier alpha value is -1.75. The zero-order valence-electron chi connectivity index (χ0n) is 12.9. The van der Waals surface area contributed by atoms with Gasteiger partial charge in [-0.2, -0.15) is 0 Å². The quantitative estimate of drug-likeness (QED) is 0.889. The van der Waals surface area contributed by atoms with Crippen LogP contribution in [0, 0.1) is 0 Å². The minimum atomic E-state index is -0.426. The van der Waals surface area contributed by atoms with E-state index in [9.17, 15) is 4.79 Å². The van der Waals surface area contributed by atoms with E-state index in [1.807, 2.05) is 24.3 Å². The minimum Gasteiger partial charge on any atom is -0.450 e. The highest BCUT2D eigenvalue weighted by Crippen LogP contribution is 2.26. The van der Waals surface area contributed by atoms with Gasteiger partial charge in [-0.05, 0) is 57.9 Å². The van der Waals surface area contributed by atoms with Gasteiger partial charge >= 0.3 is 6.09 Å². The summed E-state index contributed by atoms with van der Waals surface area (Å²) in [5.74, 6) is 0. The van der Waals surface area contributed by atoms with Gasteiger partial charge < -0.3 is 14.8 Å². The monoisotopic (exact) mass is 292 g/mol. The third kappa shape index (κ3) is 4.93. The number of anilines is 2. The van der Waals surface area contributed by atoms with Crippen LogP contribution in [0.5, 0.6) is 0 Å². The molecule has 2 rings (SSSR count). The molecule has 1 heterocycles. The van der Waals surface area contributed by atoms with Gasteiger partial charge in [0.2, 0.25) is 0 Å². The van der Waals surface area contributed by atoms with Crippen molar-refractivity contribution in [3.8, 4) is 0 Å². The first-order valence-corrected chi connectivity index (χ1v) is 7.43. The molecule has 0 aliphatic carbocycles. The number of carbonyl (C=O) groups is 1. The molecule has 1 aromatic carbocycles. The molecular weight excluding hydrogens is 268 g/mol. The molecule has 5 heteroatoms. The lowest BCUT2D eigenvalue weighted by atomic mass is 9.94. The number of hydrogen-bond acceptors (Lipinski definition) is 4. The van der Waals surface area contributed by atoms with Crippen molar-refractivity contribution >= 4 is 17.5 Å². The molecule has 1 fully saturated rings. The molecule has 0 aromatic heterocycles. The number of nitrogens with one attached hydrogen (secondary N) is 2. The maximum absolute atomic E-state index is 11.3. The topological polar surface area (TPSA) is 59.6 Å². The second kappa shape index (κ2) is 6.80. The average molecular weight is 292 g/mol. The molecule has 21 heavy (non-hydrogen) atoms. The van der Waals surface area contributed by atoms with E-state index in [0.29, 0.717) is 12.6 Å². The highest BCUT2D eigenvalue weighted by atomic mass is 16.5. The van der Waals surface area contributed by atoms with Crippen molar-refractivity contribution in [3.05, 3.63) is 24.3 Å². The Balaban J connectivity index is 1.89. The van der Waals surface area contributed by atoms with Crippen molar-refractivity contribution in [1.82, 2.24) is 0 Å². The van der Waals surface area contributed by atoms with Crippen molar-refractivity contribution in [2.75, 3.05) is 23.8 Å². The van der Waals surface area contributed by atoms with Gasteiger partial charge in [0.25, 0.3) is 0 Å². The van der Waals surface area contributed by atoms with E-state index < -0.39 is 6.09 Å². The Kier molecular flexibility index (Phi) is 5.07.